The third-order valence-electron chi connectivity index (χ3n) is 3.99. The predicted octanol–water partition coefficient (Wildman–Crippen LogP) is 3.69. The highest BCUT2D eigenvalue weighted by Gasteiger charge is 2.18. The van der Waals surface area contributed by atoms with Crippen molar-refractivity contribution in [2.24, 2.45) is 0 Å². The Bertz CT molecular complexity index is 549. The van der Waals surface area contributed by atoms with Crippen LogP contribution in [0.4, 0.5) is 0 Å². The van der Waals surface area contributed by atoms with Gasteiger partial charge in [-0.1, -0.05) is 31.0 Å². The van der Waals surface area contributed by atoms with Gasteiger partial charge in [-0.25, -0.2) is 0 Å². The fourth-order valence-corrected chi connectivity index (χ4v) is 3.72. The summed E-state index contributed by atoms with van der Waals surface area (Å²) in [6.07, 6.45) is 7.48. The SMILES string of the molecule is OC(CSc1ccccc1)Cc1ccn(C2CCCC2)n1. The van der Waals surface area contributed by atoms with Crippen molar-refractivity contribution in [3.63, 3.8) is 0 Å². The highest BCUT2D eigenvalue weighted by Crippen LogP contribution is 2.28. The molecule has 3 nitrogen and oxygen atoms in total. The van der Waals surface area contributed by atoms with Gasteiger partial charge in [0.25, 0.3) is 0 Å². The van der Waals surface area contributed by atoms with Crippen LogP contribution in [0.25, 0.3) is 0 Å². The van der Waals surface area contributed by atoms with E-state index in [0.717, 1.165) is 5.69 Å². The Morgan fingerprint density at radius 1 is 1.19 bits per heavy atom. The van der Waals surface area contributed by atoms with Crippen LogP contribution in [-0.4, -0.2) is 26.7 Å². The molecule has 1 atom stereocenters. The van der Waals surface area contributed by atoms with Gasteiger partial charge in [0.2, 0.25) is 0 Å². The van der Waals surface area contributed by atoms with Crippen molar-refractivity contribution in [2.45, 2.75) is 49.1 Å². The van der Waals surface area contributed by atoms with Crippen LogP contribution in [0.3, 0.4) is 0 Å². The van der Waals surface area contributed by atoms with Crippen molar-refractivity contribution in [1.82, 2.24) is 9.78 Å². The normalized spacial score (nSPS) is 17.2. The zero-order valence-electron chi connectivity index (χ0n) is 12.2. The first-order chi connectivity index (χ1) is 10.3. The summed E-state index contributed by atoms with van der Waals surface area (Å²) in [5.74, 6) is 0.709. The standard InChI is InChI=1S/C17H22N2OS/c20-16(13-21-17-8-2-1-3-9-17)12-14-10-11-19(18-14)15-6-4-5-7-15/h1-3,8-11,15-16,20H,4-7,12-13H2. The smallest absolute Gasteiger partial charge is 0.0690 e. The molecular weight excluding hydrogens is 280 g/mol. The van der Waals surface area contributed by atoms with Crippen LogP contribution in [0.2, 0.25) is 0 Å². The highest BCUT2D eigenvalue weighted by atomic mass is 32.2. The molecule has 1 aromatic carbocycles. The van der Waals surface area contributed by atoms with Crippen LogP contribution in [0, 0.1) is 0 Å². The highest BCUT2D eigenvalue weighted by molar-refractivity contribution is 7.99. The number of nitrogens with zero attached hydrogens (tertiary/aromatic N) is 2. The van der Waals surface area contributed by atoms with E-state index < -0.39 is 0 Å². The lowest BCUT2D eigenvalue weighted by Gasteiger charge is -2.10. The number of thioether (sulfide) groups is 1. The van der Waals surface area contributed by atoms with Crippen molar-refractivity contribution in [1.29, 1.82) is 0 Å². The molecule has 0 radical (unpaired) electrons. The Kier molecular flexibility index (Phi) is 4.99. The van der Waals surface area contributed by atoms with Crippen LogP contribution < -0.4 is 0 Å². The third-order valence-corrected chi connectivity index (χ3v) is 5.15. The Labute approximate surface area is 130 Å². The Morgan fingerprint density at radius 2 is 1.95 bits per heavy atom. The van der Waals surface area contributed by atoms with E-state index in [9.17, 15) is 5.11 Å². The topological polar surface area (TPSA) is 38.0 Å². The van der Waals surface area contributed by atoms with E-state index in [4.69, 9.17) is 0 Å². The summed E-state index contributed by atoms with van der Waals surface area (Å²) < 4.78 is 2.10. The first-order valence-electron chi connectivity index (χ1n) is 7.71. The van der Waals surface area contributed by atoms with Crippen LogP contribution in [-0.2, 0) is 6.42 Å². The van der Waals surface area contributed by atoms with E-state index in [1.807, 2.05) is 18.2 Å². The lowest BCUT2D eigenvalue weighted by molar-refractivity contribution is 0.198. The number of aliphatic hydroxyl groups excluding tert-OH is 1. The van der Waals surface area contributed by atoms with E-state index in [1.165, 1.54) is 30.6 Å². The quantitative estimate of drug-likeness (QED) is 0.827. The maximum Gasteiger partial charge on any atom is 0.0690 e. The van der Waals surface area contributed by atoms with Gasteiger partial charge < -0.3 is 5.11 Å². The van der Waals surface area contributed by atoms with E-state index in [1.54, 1.807) is 11.8 Å². The molecule has 2 aromatic rings. The summed E-state index contributed by atoms with van der Waals surface area (Å²) in [6.45, 7) is 0. The summed E-state index contributed by atoms with van der Waals surface area (Å²) in [5.41, 5.74) is 1.00. The number of aliphatic hydroxyl groups is 1. The van der Waals surface area contributed by atoms with Crippen LogP contribution in [0.15, 0.2) is 47.5 Å². The van der Waals surface area contributed by atoms with Gasteiger partial charge in [0, 0.05) is 23.3 Å². The molecule has 1 aliphatic carbocycles. The minimum absolute atomic E-state index is 0.345. The monoisotopic (exact) mass is 302 g/mol. The number of rotatable bonds is 6. The minimum atomic E-state index is -0.345. The molecule has 1 heterocycles. The molecule has 0 saturated heterocycles. The van der Waals surface area contributed by atoms with Crippen LogP contribution >= 0.6 is 11.8 Å². The summed E-state index contributed by atoms with van der Waals surface area (Å²) in [7, 11) is 0. The molecule has 112 valence electrons. The molecule has 1 saturated carbocycles. The molecule has 1 unspecified atom stereocenters. The number of benzene rings is 1. The second-order valence-electron chi connectivity index (χ2n) is 5.71. The van der Waals surface area contributed by atoms with Crippen molar-refractivity contribution in [2.75, 3.05) is 5.75 Å². The van der Waals surface area contributed by atoms with Gasteiger partial charge in [-0.05, 0) is 31.0 Å². The van der Waals surface area contributed by atoms with Gasteiger partial charge in [-0.15, -0.1) is 11.8 Å². The molecule has 0 aliphatic heterocycles. The average molecular weight is 302 g/mol. The van der Waals surface area contributed by atoms with E-state index in [2.05, 4.69) is 34.2 Å². The zero-order chi connectivity index (χ0) is 14.5. The van der Waals surface area contributed by atoms with Gasteiger partial charge in [-0.2, -0.15) is 5.10 Å². The second kappa shape index (κ2) is 7.14. The minimum Gasteiger partial charge on any atom is -0.392 e. The number of hydrogen-bond acceptors (Lipinski definition) is 3. The Morgan fingerprint density at radius 3 is 2.71 bits per heavy atom. The fraction of sp³-hybridized carbons (Fsp3) is 0.471. The summed E-state index contributed by atoms with van der Waals surface area (Å²) in [5, 5.41) is 14.8. The molecule has 1 aromatic heterocycles. The fourth-order valence-electron chi connectivity index (χ4n) is 2.87. The van der Waals surface area contributed by atoms with Gasteiger partial charge in [0.15, 0.2) is 0 Å². The first-order valence-corrected chi connectivity index (χ1v) is 8.70. The van der Waals surface area contributed by atoms with Gasteiger partial charge in [0.05, 0.1) is 17.8 Å². The number of hydrogen-bond donors (Lipinski definition) is 1. The molecule has 1 N–H and O–H groups in total. The molecule has 1 fully saturated rings. The Hall–Kier alpha value is -1.26. The third kappa shape index (κ3) is 4.11. The molecule has 3 rings (SSSR count). The lowest BCUT2D eigenvalue weighted by atomic mass is 10.2. The largest absolute Gasteiger partial charge is 0.392 e. The molecular formula is C17H22N2OS. The van der Waals surface area contributed by atoms with Crippen LogP contribution in [0.5, 0.6) is 0 Å². The molecule has 4 heteroatoms. The maximum atomic E-state index is 10.2. The van der Waals surface area contributed by atoms with Crippen molar-refractivity contribution >= 4 is 11.8 Å². The zero-order valence-corrected chi connectivity index (χ0v) is 13.0. The summed E-state index contributed by atoms with van der Waals surface area (Å²) >= 11 is 1.70. The molecule has 0 amide bonds. The first kappa shape index (κ1) is 14.7. The van der Waals surface area contributed by atoms with Gasteiger partial charge >= 0.3 is 0 Å². The van der Waals surface area contributed by atoms with E-state index >= 15 is 0 Å². The maximum absolute atomic E-state index is 10.2. The predicted molar refractivity (Wildman–Crippen MR) is 86.6 cm³/mol. The summed E-state index contributed by atoms with van der Waals surface area (Å²) in [6, 6.07) is 12.8. The van der Waals surface area contributed by atoms with Crippen molar-refractivity contribution < 1.29 is 5.11 Å². The average Bonchev–Trinajstić information content (AvgIpc) is 3.17. The van der Waals surface area contributed by atoms with E-state index in [0.29, 0.717) is 18.2 Å². The number of aromatic nitrogens is 2. The Balaban J connectivity index is 1.49. The molecule has 0 bridgehead atoms. The molecule has 21 heavy (non-hydrogen) atoms. The second-order valence-corrected chi connectivity index (χ2v) is 6.80. The van der Waals surface area contributed by atoms with Crippen molar-refractivity contribution in [3.05, 3.63) is 48.3 Å². The van der Waals surface area contributed by atoms with E-state index in [-0.39, 0.29) is 6.10 Å². The van der Waals surface area contributed by atoms with Gasteiger partial charge in [-0.3, -0.25) is 4.68 Å². The van der Waals surface area contributed by atoms with Gasteiger partial charge in [0.1, 0.15) is 0 Å². The summed E-state index contributed by atoms with van der Waals surface area (Å²) in [4.78, 5) is 1.20. The van der Waals surface area contributed by atoms with Crippen molar-refractivity contribution in [3.8, 4) is 0 Å². The molecule has 0 spiro atoms. The lowest BCUT2D eigenvalue weighted by Crippen LogP contribution is -2.14. The molecule has 1 aliphatic rings. The van der Waals surface area contributed by atoms with Crippen LogP contribution in [0.1, 0.15) is 37.4 Å².